The number of nitrogens with one attached hydrogen (secondary N) is 1. The van der Waals surface area contributed by atoms with E-state index in [0.717, 1.165) is 11.3 Å². The Labute approximate surface area is 165 Å². The number of hydrogen-bond donors (Lipinski definition) is 1. The molecular formula is C18H22N2O7S. The highest BCUT2D eigenvalue weighted by atomic mass is 32.1. The average Bonchev–Trinajstić information content (AvgIpc) is 3.01. The zero-order valence-electron chi connectivity index (χ0n) is 16.1. The second-order valence-corrected chi connectivity index (χ2v) is 6.51. The quantitative estimate of drug-likeness (QED) is 0.617. The highest BCUT2D eigenvalue weighted by Gasteiger charge is 2.14. The van der Waals surface area contributed by atoms with Gasteiger partial charge < -0.3 is 24.3 Å². The van der Waals surface area contributed by atoms with Crippen LogP contribution in [0.2, 0.25) is 0 Å². The zero-order valence-corrected chi connectivity index (χ0v) is 16.9. The van der Waals surface area contributed by atoms with E-state index in [0.29, 0.717) is 28.5 Å². The number of amides is 1. The maximum Gasteiger partial charge on any atom is 0.326 e. The molecule has 9 nitrogen and oxygen atoms in total. The van der Waals surface area contributed by atoms with Crippen LogP contribution >= 0.6 is 11.3 Å². The molecule has 0 aliphatic carbocycles. The first-order chi connectivity index (χ1) is 13.4. The van der Waals surface area contributed by atoms with Crippen LogP contribution in [0.15, 0.2) is 22.3 Å². The van der Waals surface area contributed by atoms with Crippen LogP contribution < -0.4 is 24.4 Å². The molecule has 0 radical (unpaired) electrons. The monoisotopic (exact) mass is 410 g/mol. The predicted octanol–water partition coefficient (Wildman–Crippen LogP) is 1.10. The van der Waals surface area contributed by atoms with E-state index < -0.39 is 18.5 Å². The van der Waals surface area contributed by atoms with Gasteiger partial charge in [-0.15, -0.1) is 0 Å². The topological polar surface area (TPSA) is 105 Å². The van der Waals surface area contributed by atoms with Crippen LogP contribution in [0.3, 0.4) is 0 Å². The molecule has 1 aromatic heterocycles. The summed E-state index contributed by atoms with van der Waals surface area (Å²) in [5.41, 5.74) is 1.33. The van der Waals surface area contributed by atoms with Gasteiger partial charge >= 0.3 is 10.8 Å². The van der Waals surface area contributed by atoms with Crippen LogP contribution in [0.5, 0.6) is 17.2 Å². The summed E-state index contributed by atoms with van der Waals surface area (Å²) in [7, 11) is 4.52. The molecule has 0 fully saturated rings. The van der Waals surface area contributed by atoms with Gasteiger partial charge in [0.1, 0.15) is 12.3 Å². The number of thiazole rings is 1. The molecule has 10 heteroatoms. The van der Waals surface area contributed by atoms with Gasteiger partial charge in [0, 0.05) is 29.2 Å². The Bertz CT molecular complexity index is 904. The zero-order chi connectivity index (χ0) is 20.7. The first-order valence-corrected chi connectivity index (χ1v) is 9.13. The third kappa shape index (κ3) is 5.26. The summed E-state index contributed by atoms with van der Waals surface area (Å²) in [6.45, 7) is 1.18. The van der Waals surface area contributed by atoms with E-state index in [4.69, 9.17) is 18.9 Å². The number of esters is 1. The second kappa shape index (κ2) is 9.79. The molecular weight excluding hydrogens is 388 g/mol. The van der Waals surface area contributed by atoms with Gasteiger partial charge in [0.15, 0.2) is 18.1 Å². The molecule has 1 amide bonds. The van der Waals surface area contributed by atoms with Crippen molar-refractivity contribution >= 4 is 23.2 Å². The molecule has 0 aliphatic heterocycles. The Hall–Kier alpha value is -3.01. The summed E-state index contributed by atoms with van der Waals surface area (Å²) in [6.07, 6.45) is 0. The molecule has 2 aromatic rings. The lowest BCUT2D eigenvalue weighted by molar-refractivity contribution is -0.149. The minimum absolute atomic E-state index is 0.142. The Balaban J connectivity index is 1.90. The number of nitrogens with zero attached hydrogens (tertiary/aromatic N) is 1. The fraction of sp³-hybridized carbons (Fsp3) is 0.389. The lowest BCUT2D eigenvalue weighted by atomic mass is 10.1. The Morgan fingerprint density at radius 3 is 2.29 bits per heavy atom. The lowest BCUT2D eigenvalue weighted by Gasteiger charge is -2.14. The number of aryl methyl sites for hydroxylation is 1. The molecule has 0 atom stereocenters. The van der Waals surface area contributed by atoms with Crippen molar-refractivity contribution in [3.8, 4) is 17.2 Å². The van der Waals surface area contributed by atoms with Crippen molar-refractivity contribution in [2.45, 2.75) is 20.0 Å². The van der Waals surface area contributed by atoms with Gasteiger partial charge in [0.25, 0.3) is 5.91 Å². The fourth-order valence-corrected chi connectivity index (χ4v) is 3.13. The number of aromatic nitrogens is 1. The van der Waals surface area contributed by atoms with E-state index in [9.17, 15) is 14.4 Å². The number of carbonyl (C=O) groups excluding carboxylic acids is 2. The van der Waals surface area contributed by atoms with Gasteiger partial charge in [-0.2, -0.15) is 0 Å². The van der Waals surface area contributed by atoms with Crippen molar-refractivity contribution in [3.05, 3.63) is 38.4 Å². The van der Waals surface area contributed by atoms with Gasteiger partial charge in [0.2, 0.25) is 0 Å². The smallest absolute Gasteiger partial charge is 0.326 e. The number of ether oxygens (including phenoxy) is 4. The number of methoxy groups -OCH3 is 3. The molecule has 0 saturated heterocycles. The van der Waals surface area contributed by atoms with E-state index in [1.54, 1.807) is 24.4 Å². The molecule has 0 unspecified atom stereocenters. The molecule has 1 aromatic carbocycles. The summed E-state index contributed by atoms with van der Waals surface area (Å²) in [5, 5.41) is 4.29. The van der Waals surface area contributed by atoms with Gasteiger partial charge in [-0.05, 0) is 13.0 Å². The second-order valence-electron chi connectivity index (χ2n) is 5.69. The third-order valence-electron chi connectivity index (χ3n) is 3.89. The van der Waals surface area contributed by atoms with Crippen LogP contribution in [0, 0.1) is 6.92 Å². The molecule has 28 heavy (non-hydrogen) atoms. The molecule has 0 aliphatic rings. The fourth-order valence-electron chi connectivity index (χ4n) is 2.39. The van der Waals surface area contributed by atoms with Crippen LogP contribution in [-0.4, -0.2) is 44.4 Å². The Kier molecular flexibility index (Phi) is 7.44. The van der Waals surface area contributed by atoms with Crippen molar-refractivity contribution in [1.29, 1.82) is 0 Å². The highest BCUT2D eigenvalue weighted by molar-refractivity contribution is 7.07. The number of rotatable bonds is 9. The van der Waals surface area contributed by atoms with Crippen molar-refractivity contribution in [3.63, 3.8) is 0 Å². The average molecular weight is 410 g/mol. The Morgan fingerprint density at radius 1 is 1.07 bits per heavy atom. The van der Waals surface area contributed by atoms with Gasteiger partial charge in [0.05, 0.1) is 21.3 Å². The molecule has 0 spiro atoms. The van der Waals surface area contributed by atoms with E-state index in [-0.39, 0.29) is 18.0 Å². The summed E-state index contributed by atoms with van der Waals surface area (Å²) < 4.78 is 22.0. The van der Waals surface area contributed by atoms with Crippen molar-refractivity contribution in [2.24, 2.45) is 0 Å². The van der Waals surface area contributed by atoms with Gasteiger partial charge in [-0.1, -0.05) is 11.3 Å². The number of hydrogen-bond acceptors (Lipinski definition) is 8. The largest absolute Gasteiger partial charge is 0.496 e. The van der Waals surface area contributed by atoms with Crippen LogP contribution in [0.1, 0.15) is 11.3 Å². The van der Waals surface area contributed by atoms with Crippen LogP contribution in [0.25, 0.3) is 0 Å². The van der Waals surface area contributed by atoms with E-state index >= 15 is 0 Å². The number of carbonyl (C=O) groups is 2. The van der Waals surface area contributed by atoms with Crippen molar-refractivity contribution in [1.82, 2.24) is 9.88 Å². The van der Waals surface area contributed by atoms with Gasteiger partial charge in [-0.25, -0.2) is 0 Å². The maximum atomic E-state index is 12.0. The first-order valence-electron chi connectivity index (χ1n) is 8.25. The molecule has 1 N–H and O–H groups in total. The summed E-state index contributed by atoms with van der Waals surface area (Å²) in [6, 6.07) is 3.34. The highest BCUT2D eigenvalue weighted by Crippen LogP contribution is 2.34. The Morgan fingerprint density at radius 2 is 1.71 bits per heavy atom. The van der Waals surface area contributed by atoms with E-state index in [2.05, 4.69) is 5.32 Å². The van der Waals surface area contributed by atoms with E-state index in [1.165, 1.54) is 25.9 Å². The van der Waals surface area contributed by atoms with Crippen LogP contribution in [-0.2, 0) is 27.4 Å². The molecule has 0 bridgehead atoms. The summed E-state index contributed by atoms with van der Waals surface area (Å²) >= 11 is 1.00. The standard InChI is InChI=1S/C18H22N2O7S/c1-11-10-28-18(23)20(11)8-17(22)27-9-16(21)19-7-12-5-14(25-3)15(26-4)6-13(12)24-2/h5-6,10H,7-9H2,1-4H3,(H,19,21). The van der Waals surface area contributed by atoms with Gasteiger partial charge in [-0.3, -0.25) is 19.0 Å². The van der Waals surface area contributed by atoms with Crippen molar-refractivity contribution < 1.29 is 28.5 Å². The molecule has 2 rings (SSSR count). The third-order valence-corrected chi connectivity index (χ3v) is 4.77. The van der Waals surface area contributed by atoms with E-state index in [1.807, 2.05) is 0 Å². The summed E-state index contributed by atoms with van der Waals surface area (Å²) in [4.78, 5) is 35.2. The van der Waals surface area contributed by atoms with Crippen LogP contribution in [0.4, 0.5) is 0 Å². The normalized spacial score (nSPS) is 10.3. The number of benzene rings is 1. The maximum absolute atomic E-state index is 12.0. The lowest BCUT2D eigenvalue weighted by Crippen LogP contribution is -2.30. The summed E-state index contributed by atoms with van der Waals surface area (Å²) in [5.74, 6) is 0.363. The SMILES string of the molecule is COc1cc(OC)c(OC)cc1CNC(=O)COC(=O)Cn1c(C)csc1=O. The predicted molar refractivity (Wildman–Crippen MR) is 102 cm³/mol. The minimum atomic E-state index is -0.664. The minimum Gasteiger partial charge on any atom is -0.496 e. The van der Waals surface area contributed by atoms with Crippen molar-refractivity contribution in [2.75, 3.05) is 27.9 Å². The molecule has 1 heterocycles. The first kappa shape index (κ1) is 21.3. The molecule has 0 saturated carbocycles. The molecule has 152 valence electrons.